The molecule has 100 valence electrons. The lowest BCUT2D eigenvalue weighted by Crippen LogP contribution is -2.26. The zero-order chi connectivity index (χ0) is 13.7. The number of anilines is 1. The van der Waals surface area contributed by atoms with Crippen LogP contribution in [0.25, 0.3) is 0 Å². The maximum atomic E-state index is 12.1. The SMILES string of the molecule is CNc1cc(C)ccc1C(=O)NCCc1nccs1. The van der Waals surface area contributed by atoms with Crippen LogP contribution in [0.15, 0.2) is 29.8 Å². The molecular weight excluding hydrogens is 258 g/mol. The van der Waals surface area contributed by atoms with Crippen LogP contribution < -0.4 is 10.6 Å². The molecule has 5 heteroatoms. The molecule has 19 heavy (non-hydrogen) atoms. The van der Waals surface area contributed by atoms with Crippen molar-refractivity contribution in [1.82, 2.24) is 10.3 Å². The predicted molar refractivity (Wildman–Crippen MR) is 78.9 cm³/mol. The van der Waals surface area contributed by atoms with Gasteiger partial charge in [0.05, 0.1) is 10.6 Å². The summed E-state index contributed by atoms with van der Waals surface area (Å²) in [6.07, 6.45) is 2.55. The Labute approximate surface area is 116 Å². The van der Waals surface area contributed by atoms with E-state index in [9.17, 15) is 4.79 Å². The van der Waals surface area contributed by atoms with Crippen LogP contribution in [-0.4, -0.2) is 24.5 Å². The number of amides is 1. The number of nitrogens with one attached hydrogen (secondary N) is 2. The number of nitrogens with zero attached hydrogens (tertiary/aromatic N) is 1. The summed E-state index contributed by atoms with van der Waals surface area (Å²) in [4.78, 5) is 16.3. The largest absolute Gasteiger partial charge is 0.387 e. The van der Waals surface area contributed by atoms with E-state index in [2.05, 4.69) is 15.6 Å². The molecule has 2 rings (SSSR count). The van der Waals surface area contributed by atoms with Crippen molar-refractivity contribution < 1.29 is 4.79 Å². The van der Waals surface area contributed by atoms with Crippen LogP contribution in [0.5, 0.6) is 0 Å². The van der Waals surface area contributed by atoms with Gasteiger partial charge in [-0.1, -0.05) is 6.07 Å². The Hall–Kier alpha value is -1.88. The van der Waals surface area contributed by atoms with Crippen molar-refractivity contribution in [2.24, 2.45) is 0 Å². The van der Waals surface area contributed by atoms with Crippen LogP contribution in [-0.2, 0) is 6.42 Å². The number of hydrogen-bond donors (Lipinski definition) is 2. The van der Waals surface area contributed by atoms with Crippen LogP contribution in [0, 0.1) is 6.92 Å². The maximum absolute atomic E-state index is 12.1. The van der Waals surface area contributed by atoms with Gasteiger partial charge in [-0.15, -0.1) is 11.3 Å². The van der Waals surface area contributed by atoms with Crippen molar-refractivity contribution in [3.05, 3.63) is 45.9 Å². The molecule has 1 amide bonds. The highest BCUT2D eigenvalue weighted by molar-refractivity contribution is 7.09. The molecule has 0 aliphatic carbocycles. The Morgan fingerprint density at radius 2 is 2.26 bits per heavy atom. The highest BCUT2D eigenvalue weighted by Crippen LogP contribution is 2.16. The fourth-order valence-corrected chi connectivity index (χ4v) is 2.44. The number of aromatic nitrogens is 1. The van der Waals surface area contributed by atoms with E-state index in [1.165, 1.54) is 0 Å². The van der Waals surface area contributed by atoms with Crippen molar-refractivity contribution in [1.29, 1.82) is 0 Å². The summed E-state index contributed by atoms with van der Waals surface area (Å²) < 4.78 is 0. The number of rotatable bonds is 5. The number of carbonyl (C=O) groups excluding carboxylic acids is 1. The number of benzene rings is 1. The Kier molecular flexibility index (Phi) is 4.52. The van der Waals surface area contributed by atoms with Gasteiger partial charge in [-0.3, -0.25) is 4.79 Å². The summed E-state index contributed by atoms with van der Waals surface area (Å²) in [7, 11) is 1.82. The van der Waals surface area contributed by atoms with Crippen molar-refractivity contribution in [2.75, 3.05) is 18.9 Å². The van der Waals surface area contributed by atoms with E-state index in [1.54, 1.807) is 17.5 Å². The van der Waals surface area contributed by atoms with Crippen molar-refractivity contribution in [3.63, 3.8) is 0 Å². The topological polar surface area (TPSA) is 54.0 Å². The monoisotopic (exact) mass is 275 g/mol. The average molecular weight is 275 g/mol. The second-order valence-corrected chi connectivity index (χ2v) is 5.21. The average Bonchev–Trinajstić information content (AvgIpc) is 2.91. The van der Waals surface area contributed by atoms with Gasteiger partial charge in [-0.05, 0) is 24.6 Å². The fourth-order valence-electron chi connectivity index (χ4n) is 1.82. The van der Waals surface area contributed by atoms with Gasteiger partial charge in [0.25, 0.3) is 5.91 Å². The van der Waals surface area contributed by atoms with Gasteiger partial charge in [0.2, 0.25) is 0 Å². The molecule has 2 aromatic rings. The number of carbonyl (C=O) groups is 1. The molecule has 0 saturated heterocycles. The lowest BCUT2D eigenvalue weighted by Gasteiger charge is -2.10. The first-order valence-corrected chi connectivity index (χ1v) is 7.03. The first kappa shape index (κ1) is 13.5. The van der Waals surface area contributed by atoms with Crippen LogP contribution in [0.3, 0.4) is 0 Å². The molecule has 0 spiro atoms. The highest BCUT2D eigenvalue weighted by Gasteiger charge is 2.10. The molecule has 1 aromatic heterocycles. The van der Waals surface area contributed by atoms with E-state index in [1.807, 2.05) is 37.6 Å². The quantitative estimate of drug-likeness (QED) is 0.881. The van der Waals surface area contributed by atoms with Gasteiger partial charge in [0.1, 0.15) is 0 Å². The lowest BCUT2D eigenvalue weighted by molar-refractivity contribution is 0.0955. The summed E-state index contributed by atoms with van der Waals surface area (Å²) in [6.45, 7) is 2.61. The molecule has 0 saturated carbocycles. The molecule has 0 bridgehead atoms. The maximum Gasteiger partial charge on any atom is 0.253 e. The first-order chi connectivity index (χ1) is 9.20. The van der Waals surface area contributed by atoms with E-state index in [0.717, 1.165) is 22.7 Å². The van der Waals surface area contributed by atoms with Gasteiger partial charge >= 0.3 is 0 Å². The minimum atomic E-state index is -0.0547. The van der Waals surface area contributed by atoms with E-state index in [4.69, 9.17) is 0 Å². The van der Waals surface area contributed by atoms with Gasteiger partial charge in [0, 0.05) is 37.3 Å². The Morgan fingerprint density at radius 1 is 1.42 bits per heavy atom. The summed E-state index contributed by atoms with van der Waals surface area (Å²) in [5, 5.41) is 8.95. The molecule has 0 atom stereocenters. The van der Waals surface area contributed by atoms with E-state index >= 15 is 0 Å². The molecule has 0 aliphatic heterocycles. The summed E-state index contributed by atoms with van der Waals surface area (Å²) >= 11 is 1.61. The van der Waals surface area contributed by atoms with Gasteiger partial charge in [-0.25, -0.2) is 4.98 Å². The molecule has 0 aliphatic rings. The fraction of sp³-hybridized carbons (Fsp3) is 0.286. The first-order valence-electron chi connectivity index (χ1n) is 6.15. The minimum Gasteiger partial charge on any atom is -0.387 e. The zero-order valence-electron chi connectivity index (χ0n) is 11.1. The number of thiazole rings is 1. The van der Waals surface area contributed by atoms with Crippen molar-refractivity contribution >= 4 is 22.9 Å². The second kappa shape index (κ2) is 6.33. The van der Waals surface area contributed by atoms with Gasteiger partial charge < -0.3 is 10.6 Å². The van der Waals surface area contributed by atoms with Crippen molar-refractivity contribution in [3.8, 4) is 0 Å². The van der Waals surface area contributed by atoms with E-state index < -0.39 is 0 Å². The Morgan fingerprint density at radius 3 is 2.95 bits per heavy atom. The highest BCUT2D eigenvalue weighted by atomic mass is 32.1. The Bertz CT molecular complexity index is 552. The second-order valence-electron chi connectivity index (χ2n) is 4.23. The minimum absolute atomic E-state index is 0.0547. The summed E-state index contributed by atoms with van der Waals surface area (Å²) in [5.41, 5.74) is 2.66. The summed E-state index contributed by atoms with van der Waals surface area (Å²) in [6, 6.07) is 5.76. The molecular formula is C14H17N3OS. The van der Waals surface area contributed by atoms with E-state index in [0.29, 0.717) is 12.1 Å². The molecule has 0 radical (unpaired) electrons. The molecule has 0 unspecified atom stereocenters. The van der Waals surface area contributed by atoms with Gasteiger partial charge in [-0.2, -0.15) is 0 Å². The molecule has 1 aromatic carbocycles. The van der Waals surface area contributed by atoms with Crippen LogP contribution in [0.4, 0.5) is 5.69 Å². The Balaban J connectivity index is 1.96. The van der Waals surface area contributed by atoms with E-state index in [-0.39, 0.29) is 5.91 Å². The molecule has 2 N–H and O–H groups in total. The lowest BCUT2D eigenvalue weighted by atomic mass is 10.1. The third-order valence-corrected chi connectivity index (χ3v) is 3.64. The third kappa shape index (κ3) is 3.54. The third-order valence-electron chi connectivity index (χ3n) is 2.80. The molecule has 0 fully saturated rings. The van der Waals surface area contributed by atoms with Gasteiger partial charge in [0.15, 0.2) is 0 Å². The van der Waals surface area contributed by atoms with Crippen LogP contribution in [0.1, 0.15) is 20.9 Å². The van der Waals surface area contributed by atoms with Crippen LogP contribution >= 0.6 is 11.3 Å². The van der Waals surface area contributed by atoms with Crippen molar-refractivity contribution in [2.45, 2.75) is 13.3 Å². The predicted octanol–water partition coefficient (Wildman–Crippen LogP) is 2.47. The smallest absolute Gasteiger partial charge is 0.253 e. The standard InChI is InChI=1S/C14H17N3OS/c1-10-3-4-11(12(9-10)15-2)14(18)17-6-5-13-16-7-8-19-13/h3-4,7-9,15H,5-6H2,1-2H3,(H,17,18). The zero-order valence-corrected chi connectivity index (χ0v) is 11.9. The molecule has 4 nitrogen and oxygen atoms in total. The number of aryl methyl sites for hydroxylation is 1. The number of hydrogen-bond acceptors (Lipinski definition) is 4. The summed E-state index contributed by atoms with van der Waals surface area (Å²) in [5.74, 6) is -0.0547. The van der Waals surface area contributed by atoms with Crippen LogP contribution in [0.2, 0.25) is 0 Å². The molecule has 1 heterocycles. The normalized spacial score (nSPS) is 10.2.